The predicted molar refractivity (Wildman–Crippen MR) is 64.6 cm³/mol. The second kappa shape index (κ2) is 5.54. The first kappa shape index (κ1) is 13.8. The standard InChI is InChI=1S/C10H6ClF2N3O2S/c11-6-1-5(12)2-7(13)9(6)16-4-14-15-10(16)19-3-8(17)18/h1-2,4H,3H2,(H,17,18). The molecule has 0 bridgehead atoms. The van der Waals surface area contributed by atoms with Crippen molar-refractivity contribution in [1.82, 2.24) is 14.8 Å². The third-order valence-electron chi connectivity index (χ3n) is 2.06. The zero-order chi connectivity index (χ0) is 14.0. The number of halogens is 3. The van der Waals surface area contributed by atoms with Gasteiger partial charge in [-0.3, -0.25) is 9.36 Å². The number of carboxylic acids is 1. The fraction of sp³-hybridized carbons (Fsp3) is 0.100. The number of nitrogens with zero attached hydrogens (tertiary/aromatic N) is 3. The molecule has 1 heterocycles. The summed E-state index contributed by atoms with van der Waals surface area (Å²) in [5.41, 5.74) is -0.124. The SMILES string of the molecule is O=C(O)CSc1nncn1-c1c(F)cc(F)cc1Cl. The van der Waals surface area contributed by atoms with E-state index in [0.29, 0.717) is 6.07 Å². The molecule has 0 aliphatic rings. The minimum absolute atomic E-state index is 0.124. The number of thioether (sulfide) groups is 1. The van der Waals surface area contributed by atoms with Crippen LogP contribution in [0.3, 0.4) is 0 Å². The summed E-state index contributed by atoms with van der Waals surface area (Å²) in [5.74, 6) is -3.01. The van der Waals surface area contributed by atoms with Crippen LogP contribution in [0.5, 0.6) is 0 Å². The van der Waals surface area contributed by atoms with Crippen molar-refractivity contribution in [2.24, 2.45) is 0 Å². The molecule has 0 spiro atoms. The van der Waals surface area contributed by atoms with E-state index in [0.717, 1.165) is 17.8 Å². The lowest BCUT2D eigenvalue weighted by Gasteiger charge is -2.08. The van der Waals surface area contributed by atoms with Crippen molar-refractivity contribution >= 4 is 29.3 Å². The lowest BCUT2D eigenvalue weighted by Crippen LogP contribution is -2.03. The van der Waals surface area contributed by atoms with Gasteiger partial charge in [0, 0.05) is 6.07 Å². The van der Waals surface area contributed by atoms with Crippen molar-refractivity contribution < 1.29 is 18.7 Å². The van der Waals surface area contributed by atoms with Gasteiger partial charge in [-0.1, -0.05) is 23.4 Å². The number of hydrogen-bond donors (Lipinski definition) is 1. The van der Waals surface area contributed by atoms with Crippen molar-refractivity contribution in [3.05, 3.63) is 35.1 Å². The average Bonchev–Trinajstić information content (AvgIpc) is 2.73. The summed E-state index contributed by atoms with van der Waals surface area (Å²) in [6, 6.07) is 1.62. The lowest BCUT2D eigenvalue weighted by atomic mass is 10.3. The van der Waals surface area contributed by atoms with Crippen LogP contribution in [0, 0.1) is 11.6 Å². The van der Waals surface area contributed by atoms with E-state index < -0.39 is 17.6 Å². The van der Waals surface area contributed by atoms with Gasteiger partial charge in [0.25, 0.3) is 0 Å². The normalized spacial score (nSPS) is 10.7. The largest absolute Gasteiger partial charge is 0.481 e. The van der Waals surface area contributed by atoms with E-state index in [-0.39, 0.29) is 21.6 Å². The first-order chi connectivity index (χ1) is 8.99. The van der Waals surface area contributed by atoms with Crippen LogP contribution in [0.1, 0.15) is 0 Å². The van der Waals surface area contributed by atoms with Crippen LogP contribution in [0.15, 0.2) is 23.6 Å². The highest BCUT2D eigenvalue weighted by Gasteiger charge is 2.16. The van der Waals surface area contributed by atoms with Crippen LogP contribution in [0.2, 0.25) is 5.02 Å². The zero-order valence-electron chi connectivity index (χ0n) is 9.18. The molecule has 100 valence electrons. The number of rotatable bonds is 4. The van der Waals surface area contributed by atoms with Crippen LogP contribution >= 0.6 is 23.4 Å². The second-order valence-corrected chi connectivity index (χ2v) is 4.73. The highest BCUT2D eigenvalue weighted by molar-refractivity contribution is 7.99. The van der Waals surface area contributed by atoms with E-state index >= 15 is 0 Å². The molecule has 0 aliphatic heterocycles. The van der Waals surface area contributed by atoms with E-state index in [2.05, 4.69) is 10.2 Å². The van der Waals surface area contributed by atoms with Gasteiger partial charge in [0.2, 0.25) is 0 Å². The number of aromatic nitrogens is 3. The predicted octanol–water partition coefficient (Wildman–Crippen LogP) is 2.38. The van der Waals surface area contributed by atoms with E-state index in [1.165, 1.54) is 10.9 Å². The summed E-state index contributed by atoms with van der Waals surface area (Å²) in [5, 5.41) is 15.8. The molecule has 19 heavy (non-hydrogen) atoms. The molecule has 0 saturated carbocycles. The number of aliphatic carboxylic acids is 1. The Kier molecular flexibility index (Phi) is 4.01. The molecule has 0 unspecified atom stereocenters. The Morgan fingerprint density at radius 1 is 1.47 bits per heavy atom. The summed E-state index contributed by atoms with van der Waals surface area (Å²) in [6.07, 6.45) is 1.17. The molecule has 5 nitrogen and oxygen atoms in total. The van der Waals surface area contributed by atoms with Crippen LogP contribution in [-0.2, 0) is 4.79 Å². The molecule has 2 aromatic rings. The van der Waals surface area contributed by atoms with Gasteiger partial charge in [-0.2, -0.15) is 0 Å². The fourth-order valence-electron chi connectivity index (χ4n) is 1.37. The first-order valence-corrected chi connectivity index (χ1v) is 6.25. The third-order valence-corrected chi connectivity index (χ3v) is 3.28. The van der Waals surface area contributed by atoms with Crippen LogP contribution < -0.4 is 0 Å². The molecule has 9 heteroatoms. The van der Waals surface area contributed by atoms with Crippen LogP contribution in [-0.4, -0.2) is 31.6 Å². The number of carbonyl (C=O) groups is 1. The maximum atomic E-state index is 13.7. The van der Waals surface area contributed by atoms with Crippen molar-refractivity contribution in [2.45, 2.75) is 5.16 Å². The molecule has 0 fully saturated rings. The van der Waals surface area contributed by atoms with E-state index in [4.69, 9.17) is 16.7 Å². The maximum absolute atomic E-state index is 13.7. The molecule has 1 aromatic carbocycles. The molecule has 0 aliphatic carbocycles. The monoisotopic (exact) mass is 305 g/mol. The van der Waals surface area contributed by atoms with Gasteiger partial charge >= 0.3 is 5.97 Å². The molecule has 2 rings (SSSR count). The van der Waals surface area contributed by atoms with E-state index in [1.807, 2.05) is 0 Å². The van der Waals surface area contributed by atoms with Crippen LogP contribution in [0.25, 0.3) is 5.69 Å². The van der Waals surface area contributed by atoms with E-state index in [1.54, 1.807) is 0 Å². The quantitative estimate of drug-likeness (QED) is 0.878. The zero-order valence-corrected chi connectivity index (χ0v) is 10.8. The Hall–Kier alpha value is -1.67. The summed E-state index contributed by atoms with van der Waals surface area (Å²) < 4.78 is 27.9. The third kappa shape index (κ3) is 3.02. The van der Waals surface area contributed by atoms with Gasteiger partial charge in [-0.25, -0.2) is 8.78 Å². The fourth-order valence-corrected chi connectivity index (χ4v) is 2.29. The molecule has 0 atom stereocenters. The lowest BCUT2D eigenvalue weighted by molar-refractivity contribution is -0.133. The summed E-state index contributed by atoms with van der Waals surface area (Å²) in [7, 11) is 0. The Bertz CT molecular complexity index is 612. The molecule has 0 saturated heterocycles. The van der Waals surface area contributed by atoms with Crippen molar-refractivity contribution in [1.29, 1.82) is 0 Å². The molecule has 0 radical (unpaired) electrons. The van der Waals surface area contributed by atoms with Gasteiger partial charge in [0.05, 0.1) is 10.8 Å². The summed E-state index contributed by atoms with van der Waals surface area (Å²) >= 11 is 6.63. The second-order valence-electron chi connectivity index (χ2n) is 3.38. The molecular formula is C10H6ClF2N3O2S. The number of benzene rings is 1. The maximum Gasteiger partial charge on any atom is 0.313 e. The summed E-state index contributed by atoms with van der Waals surface area (Å²) in [6.45, 7) is 0. The minimum Gasteiger partial charge on any atom is -0.481 e. The average molecular weight is 306 g/mol. The molecular weight excluding hydrogens is 300 g/mol. The Morgan fingerprint density at radius 2 is 2.21 bits per heavy atom. The molecule has 0 amide bonds. The minimum atomic E-state index is -1.05. The highest BCUT2D eigenvalue weighted by Crippen LogP contribution is 2.28. The smallest absolute Gasteiger partial charge is 0.313 e. The molecule has 1 N–H and O–H groups in total. The Balaban J connectivity index is 2.43. The first-order valence-electron chi connectivity index (χ1n) is 4.88. The van der Waals surface area contributed by atoms with E-state index in [9.17, 15) is 13.6 Å². The highest BCUT2D eigenvalue weighted by atomic mass is 35.5. The van der Waals surface area contributed by atoms with Crippen molar-refractivity contribution in [2.75, 3.05) is 5.75 Å². The Labute approximate surface area is 115 Å². The van der Waals surface area contributed by atoms with Gasteiger partial charge in [-0.15, -0.1) is 10.2 Å². The van der Waals surface area contributed by atoms with Gasteiger partial charge < -0.3 is 5.11 Å². The van der Waals surface area contributed by atoms with Gasteiger partial charge in [0.1, 0.15) is 17.8 Å². The van der Waals surface area contributed by atoms with Crippen molar-refractivity contribution in [3.63, 3.8) is 0 Å². The summed E-state index contributed by atoms with van der Waals surface area (Å²) in [4.78, 5) is 10.5. The Morgan fingerprint density at radius 3 is 2.84 bits per heavy atom. The topological polar surface area (TPSA) is 68.0 Å². The van der Waals surface area contributed by atoms with Gasteiger partial charge in [0.15, 0.2) is 11.0 Å². The van der Waals surface area contributed by atoms with Crippen LogP contribution in [0.4, 0.5) is 8.78 Å². The van der Waals surface area contributed by atoms with Crippen molar-refractivity contribution in [3.8, 4) is 5.69 Å². The molecule has 1 aromatic heterocycles. The number of hydrogen-bond acceptors (Lipinski definition) is 4. The number of carboxylic acid groups (broad SMARTS) is 1. The van der Waals surface area contributed by atoms with Gasteiger partial charge in [-0.05, 0) is 6.07 Å².